The summed E-state index contributed by atoms with van der Waals surface area (Å²) >= 11 is 0. The van der Waals surface area contributed by atoms with Crippen LogP contribution in [0.5, 0.6) is 0 Å². The van der Waals surface area contributed by atoms with E-state index in [0.29, 0.717) is 145 Å². The molecule has 6 aliphatic rings. The molecule has 2 amide bonds. The third kappa shape index (κ3) is 11.6. The van der Waals surface area contributed by atoms with Crippen molar-refractivity contribution in [3.63, 3.8) is 0 Å². The highest BCUT2D eigenvalue weighted by atomic mass is 32.2. The third-order valence-electron chi connectivity index (χ3n) is 19.8. The van der Waals surface area contributed by atoms with Crippen molar-refractivity contribution in [2.24, 2.45) is 33.7 Å². The first kappa shape index (κ1) is 62.8. The summed E-state index contributed by atoms with van der Waals surface area (Å²) in [6, 6.07) is 23.5. The van der Waals surface area contributed by atoms with Crippen molar-refractivity contribution in [1.29, 1.82) is 0 Å². The van der Waals surface area contributed by atoms with Crippen LogP contribution >= 0.6 is 0 Å². The summed E-state index contributed by atoms with van der Waals surface area (Å²) in [4.78, 5) is 57.3. The lowest BCUT2D eigenvalue weighted by Gasteiger charge is -2.27. The summed E-state index contributed by atoms with van der Waals surface area (Å²) in [6.45, 7) is 16.0. The lowest BCUT2D eigenvalue weighted by atomic mass is 9.91. The number of hydrogen-bond acceptors (Lipinski definition) is 16. The van der Waals surface area contributed by atoms with Crippen molar-refractivity contribution in [3.05, 3.63) is 129 Å². The molecule has 6 aromatic rings. The summed E-state index contributed by atoms with van der Waals surface area (Å²) < 4.78 is 87.3. The summed E-state index contributed by atoms with van der Waals surface area (Å²) in [5.41, 5.74) is 4.64. The summed E-state index contributed by atoms with van der Waals surface area (Å²) in [5.74, 6) is 2.18. The van der Waals surface area contributed by atoms with Gasteiger partial charge in [-0.2, -0.15) is 0 Å². The fraction of sp³-hybridized carbons (Fsp3) is 0.485. The van der Waals surface area contributed by atoms with Gasteiger partial charge in [-0.1, -0.05) is 90.9 Å². The molecule has 4 fully saturated rings. The number of aliphatic hydroxyl groups is 1. The highest BCUT2D eigenvalue weighted by molar-refractivity contribution is 7.93. The van der Waals surface area contributed by atoms with Gasteiger partial charge in [-0.05, 0) is 168 Å². The van der Waals surface area contributed by atoms with Crippen LogP contribution in [-0.4, -0.2) is 102 Å². The first-order valence-electron chi connectivity index (χ1n) is 31.6. The highest BCUT2D eigenvalue weighted by Gasteiger charge is 2.60. The average Bonchev–Trinajstić information content (AvgIpc) is 1.55. The number of aryl methyl sites for hydroxylation is 2. The van der Waals surface area contributed by atoms with Crippen LogP contribution in [-0.2, 0) is 70.2 Å². The Labute approximate surface area is 526 Å². The van der Waals surface area contributed by atoms with Gasteiger partial charge < -0.3 is 23.6 Å². The first-order valence-corrected chi connectivity index (χ1v) is 34.6. The first-order chi connectivity index (χ1) is 43.1. The van der Waals surface area contributed by atoms with E-state index in [0.717, 1.165) is 23.4 Å². The fourth-order valence-electron chi connectivity index (χ4n) is 15.1. The second-order valence-electron chi connectivity index (χ2n) is 25.6. The normalized spacial score (nSPS) is 24.2. The number of rotatable bonds is 23. The number of amides is 2. The van der Waals surface area contributed by atoms with E-state index in [4.69, 9.17) is 28.5 Å². The predicted molar refractivity (Wildman–Crippen MR) is 339 cm³/mol. The smallest absolute Gasteiger partial charge is 0.263 e. The number of benzene rings is 4. The number of aliphatic hydroxyl groups excluding tert-OH is 1. The Morgan fingerprint density at radius 3 is 1.66 bits per heavy atom. The molecule has 90 heavy (non-hydrogen) atoms. The second-order valence-corrected chi connectivity index (χ2v) is 28.9. The van der Waals surface area contributed by atoms with Gasteiger partial charge in [-0.15, -0.1) is 0 Å². The molecule has 3 N–H and O–H groups in total. The van der Waals surface area contributed by atoms with Gasteiger partial charge in [0.1, 0.15) is 40.1 Å². The topological polar surface area (TPSA) is 265 Å². The van der Waals surface area contributed by atoms with E-state index in [1.54, 1.807) is 62.9 Å². The van der Waals surface area contributed by atoms with Crippen molar-refractivity contribution < 1.29 is 54.8 Å². The van der Waals surface area contributed by atoms with Crippen molar-refractivity contribution >= 4 is 61.0 Å². The van der Waals surface area contributed by atoms with Gasteiger partial charge in [0.15, 0.2) is 11.6 Å². The number of nitrogens with zero attached hydrogens (tertiary/aromatic N) is 6. The Hall–Kier alpha value is -7.37. The lowest BCUT2D eigenvalue weighted by molar-refractivity contribution is -0.132. The number of ketones is 1. The Balaban J connectivity index is 0.921. The molecule has 4 saturated carbocycles. The van der Waals surface area contributed by atoms with Gasteiger partial charge >= 0.3 is 0 Å². The zero-order valence-electron chi connectivity index (χ0n) is 52.4. The molecule has 0 radical (unpaired) electrons. The zero-order valence-corrected chi connectivity index (χ0v) is 54.1. The minimum atomic E-state index is -4.49. The van der Waals surface area contributed by atoms with Crippen LogP contribution in [0.15, 0.2) is 108 Å². The van der Waals surface area contributed by atoms with Crippen LogP contribution in [0.3, 0.4) is 0 Å². The molecule has 8 atom stereocenters. The standard InChI is InChI=1S/C68H80N8O12S2/c1-9-15-61-69-67(31-46-26-52(77)27-47(46)32-67)65(79)75(61)35-43-18-22-56(51(24-43)38-86-12-4)58-23-20-45(30-60(58)90(83,84)74-63-40(6)42(8)88-72-63)54(10-2)64-70-68(33-48-28-53(78)29-49(48)34-68)66(80)76(64)36-44-19-21-55(50(25-44)37-85-11-3)57-16-13-14-17-59(57)89(81,82)73-62-39(5)41(7)87-71-62/h13-14,16-25,30,46-49,52,54,77H,9-12,15,26-29,31-38H2,1-8H3,(H,71,73)(H,72,74)/t46-,47+,48-,49+,52?,54?,67?,68?. The van der Waals surface area contributed by atoms with E-state index < -0.39 is 37.0 Å². The van der Waals surface area contributed by atoms with Gasteiger partial charge in [-0.25, -0.2) is 16.8 Å². The second kappa shape index (κ2) is 24.7. The molecule has 2 aromatic heterocycles. The Bertz CT molecular complexity index is 4090. The van der Waals surface area contributed by atoms with Crippen LogP contribution < -0.4 is 9.44 Å². The largest absolute Gasteiger partial charge is 0.393 e. The monoisotopic (exact) mass is 1260 g/mol. The zero-order chi connectivity index (χ0) is 63.6. The molecule has 4 aromatic carbocycles. The number of nitrogens with one attached hydrogen (secondary N) is 2. The highest BCUT2D eigenvalue weighted by Crippen LogP contribution is 2.55. The van der Waals surface area contributed by atoms with Crippen molar-refractivity contribution in [3.8, 4) is 22.3 Å². The maximum atomic E-state index is 15.6. The molecule has 12 rings (SSSR count). The molecule has 2 spiro atoms. The Morgan fingerprint density at radius 2 is 1.12 bits per heavy atom. The molecular weight excluding hydrogens is 1180 g/mol. The molecule has 22 heteroatoms. The fourth-order valence-corrected chi connectivity index (χ4v) is 17.7. The Kier molecular flexibility index (Phi) is 17.2. The SMILES string of the molecule is CCCC1=NC2(C[C@H]3CC(O)C[C@H]3C2)C(=O)N1Cc1ccc(-c2ccc(C(CC)C3=NC4(C[C@H]5CC(=O)C[C@H]5C4)C(=O)N3Cc3ccc(-c4ccccc4S(=O)(=O)Nc4noc(C)c4C)c(COCC)c3)cc2S(=O)(=O)Nc2noc(C)c2C)c(COCC)c1. The lowest BCUT2D eigenvalue weighted by Crippen LogP contribution is -2.42. The molecule has 0 bridgehead atoms. The van der Waals surface area contributed by atoms with Crippen molar-refractivity contribution in [1.82, 2.24) is 20.1 Å². The molecule has 4 heterocycles. The summed E-state index contributed by atoms with van der Waals surface area (Å²) in [6.07, 6.45) is 5.76. The van der Waals surface area contributed by atoms with Gasteiger partial charge in [0, 0.05) is 60.6 Å². The predicted octanol–water partition coefficient (Wildman–Crippen LogP) is 11.4. The maximum Gasteiger partial charge on any atom is 0.263 e. The third-order valence-corrected chi connectivity index (χ3v) is 22.6. The average molecular weight is 1270 g/mol. The Morgan fingerprint density at radius 1 is 0.622 bits per heavy atom. The summed E-state index contributed by atoms with van der Waals surface area (Å²) in [7, 11) is -8.68. The number of aromatic nitrogens is 2. The van der Waals surface area contributed by atoms with Crippen LogP contribution in [0.4, 0.5) is 11.6 Å². The number of carbonyl (C=O) groups is 3. The molecular formula is C68H80N8O12S2. The number of sulfonamides is 2. The molecule has 476 valence electrons. The molecule has 0 saturated heterocycles. The number of carbonyl (C=O) groups excluding carboxylic acids is 3. The summed E-state index contributed by atoms with van der Waals surface area (Å²) in [5, 5.41) is 18.5. The van der Waals surface area contributed by atoms with E-state index in [1.807, 2.05) is 68.1 Å². The quantitative estimate of drug-likeness (QED) is 0.0539. The number of ether oxygens (including phenoxy) is 2. The maximum absolute atomic E-state index is 15.6. The minimum Gasteiger partial charge on any atom is -0.393 e. The molecule has 2 aliphatic heterocycles. The van der Waals surface area contributed by atoms with Crippen LogP contribution in [0.2, 0.25) is 0 Å². The minimum absolute atomic E-state index is 0.00326. The van der Waals surface area contributed by atoms with Crippen molar-refractivity contribution in [2.75, 3.05) is 22.7 Å². The van der Waals surface area contributed by atoms with E-state index in [1.165, 1.54) is 6.07 Å². The molecule has 4 aliphatic carbocycles. The van der Waals surface area contributed by atoms with Gasteiger partial charge in [0.2, 0.25) is 0 Å². The van der Waals surface area contributed by atoms with Crippen molar-refractivity contribution in [2.45, 2.75) is 185 Å². The van der Waals surface area contributed by atoms with Crippen LogP contribution in [0, 0.1) is 51.4 Å². The van der Waals surface area contributed by atoms with Crippen LogP contribution in [0.25, 0.3) is 22.3 Å². The van der Waals surface area contributed by atoms with Gasteiger partial charge in [0.05, 0.1) is 42.2 Å². The van der Waals surface area contributed by atoms with E-state index in [9.17, 15) is 23.1 Å². The van der Waals surface area contributed by atoms with E-state index >= 15 is 13.2 Å². The number of fused-ring (bicyclic) bond motifs is 2. The van der Waals surface area contributed by atoms with Gasteiger partial charge in [-0.3, -0.25) is 43.6 Å². The van der Waals surface area contributed by atoms with Crippen LogP contribution in [0.1, 0.15) is 155 Å². The number of hydrogen-bond donors (Lipinski definition) is 3. The van der Waals surface area contributed by atoms with Gasteiger partial charge in [0.25, 0.3) is 31.9 Å². The van der Waals surface area contributed by atoms with E-state index in [-0.39, 0.29) is 95.1 Å². The molecule has 20 nitrogen and oxygen atoms in total. The molecule has 4 unspecified atom stereocenters. The number of anilines is 2. The number of amidine groups is 2. The van der Waals surface area contributed by atoms with E-state index in [2.05, 4.69) is 26.7 Å². The number of aliphatic imine (C=N–C) groups is 2. The number of Topliss-reactive ketones (excluding diaryl/α,β-unsaturated/α-hetero) is 1.